The van der Waals surface area contributed by atoms with Crippen molar-refractivity contribution in [2.24, 2.45) is 0 Å². The monoisotopic (exact) mass is 351 g/mol. The SMILES string of the molecule is O=C(c1cccnc1N1CCCCC1)N1CCN(c2ccccn2)CC1. The number of nitrogens with zero attached hydrogens (tertiary/aromatic N) is 5. The number of amides is 1. The van der Waals surface area contributed by atoms with Crippen LogP contribution in [0.25, 0.3) is 0 Å². The summed E-state index contributed by atoms with van der Waals surface area (Å²) in [4.78, 5) is 28.5. The Morgan fingerprint density at radius 2 is 1.54 bits per heavy atom. The van der Waals surface area contributed by atoms with Crippen LogP contribution in [0.4, 0.5) is 11.6 Å². The summed E-state index contributed by atoms with van der Waals surface area (Å²) in [5.41, 5.74) is 0.737. The molecule has 2 saturated heterocycles. The second kappa shape index (κ2) is 7.72. The molecule has 26 heavy (non-hydrogen) atoms. The Balaban J connectivity index is 1.46. The molecule has 2 aromatic rings. The molecule has 0 bridgehead atoms. The van der Waals surface area contributed by atoms with E-state index in [2.05, 4.69) is 19.8 Å². The second-order valence-corrected chi connectivity index (χ2v) is 6.89. The fourth-order valence-electron chi connectivity index (χ4n) is 3.77. The van der Waals surface area contributed by atoms with Crippen LogP contribution in [0, 0.1) is 0 Å². The number of anilines is 2. The molecule has 6 nitrogen and oxygen atoms in total. The molecule has 2 aromatic heterocycles. The Labute approximate surface area is 154 Å². The maximum absolute atomic E-state index is 13.1. The van der Waals surface area contributed by atoms with E-state index in [1.54, 1.807) is 6.20 Å². The largest absolute Gasteiger partial charge is 0.356 e. The number of carbonyl (C=O) groups excluding carboxylic acids is 1. The van der Waals surface area contributed by atoms with Crippen molar-refractivity contribution >= 4 is 17.5 Å². The third kappa shape index (κ3) is 3.49. The van der Waals surface area contributed by atoms with Crippen molar-refractivity contribution in [1.82, 2.24) is 14.9 Å². The van der Waals surface area contributed by atoms with E-state index in [4.69, 9.17) is 0 Å². The molecule has 0 atom stereocenters. The lowest BCUT2D eigenvalue weighted by Gasteiger charge is -2.36. The molecule has 0 N–H and O–H groups in total. The molecule has 2 fully saturated rings. The maximum atomic E-state index is 13.1. The number of piperidine rings is 1. The summed E-state index contributed by atoms with van der Waals surface area (Å²) in [6.45, 7) is 5.02. The van der Waals surface area contributed by atoms with Gasteiger partial charge >= 0.3 is 0 Å². The minimum atomic E-state index is 0.0966. The molecule has 4 rings (SSSR count). The molecular weight excluding hydrogens is 326 g/mol. The first-order valence-electron chi connectivity index (χ1n) is 9.48. The van der Waals surface area contributed by atoms with E-state index < -0.39 is 0 Å². The lowest BCUT2D eigenvalue weighted by Crippen LogP contribution is -2.49. The molecule has 0 unspecified atom stereocenters. The third-order valence-corrected chi connectivity index (χ3v) is 5.21. The van der Waals surface area contributed by atoms with Crippen LogP contribution in [0.15, 0.2) is 42.7 Å². The topological polar surface area (TPSA) is 52.6 Å². The van der Waals surface area contributed by atoms with E-state index in [1.807, 2.05) is 41.4 Å². The summed E-state index contributed by atoms with van der Waals surface area (Å²) in [7, 11) is 0. The quantitative estimate of drug-likeness (QED) is 0.850. The third-order valence-electron chi connectivity index (χ3n) is 5.21. The van der Waals surface area contributed by atoms with Crippen molar-refractivity contribution in [2.45, 2.75) is 19.3 Å². The van der Waals surface area contributed by atoms with Crippen molar-refractivity contribution in [1.29, 1.82) is 0 Å². The molecule has 0 spiro atoms. The Hall–Kier alpha value is -2.63. The van der Waals surface area contributed by atoms with Gasteiger partial charge in [0.15, 0.2) is 0 Å². The Kier molecular flexibility index (Phi) is 5.00. The van der Waals surface area contributed by atoms with Gasteiger partial charge in [0.1, 0.15) is 11.6 Å². The lowest BCUT2D eigenvalue weighted by atomic mass is 10.1. The molecule has 0 saturated carbocycles. The molecule has 6 heteroatoms. The summed E-state index contributed by atoms with van der Waals surface area (Å²) < 4.78 is 0. The van der Waals surface area contributed by atoms with Gasteiger partial charge < -0.3 is 14.7 Å². The Morgan fingerprint density at radius 1 is 0.769 bits per heavy atom. The highest BCUT2D eigenvalue weighted by molar-refractivity contribution is 5.99. The van der Waals surface area contributed by atoms with Gasteiger partial charge in [0.25, 0.3) is 5.91 Å². The smallest absolute Gasteiger partial charge is 0.257 e. The van der Waals surface area contributed by atoms with Crippen LogP contribution in [0.2, 0.25) is 0 Å². The van der Waals surface area contributed by atoms with Crippen LogP contribution in [0.5, 0.6) is 0 Å². The summed E-state index contributed by atoms with van der Waals surface area (Å²) in [6, 6.07) is 9.73. The normalized spacial score (nSPS) is 18.1. The van der Waals surface area contributed by atoms with Gasteiger partial charge in [-0.2, -0.15) is 0 Å². The number of pyridine rings is 2. The minimum Gasteiger partial charge on any atom is -0.356 e. The second-order valence-electron chi connectivity index (χ2n) is 6.89. The number of hydrogen-bond acceptors (Lipinski definition) is 5. The summed E-state index contributed by atoms with van der Waals surface area (Å²) in [5, 5.41) is 0. The predicted octanol–water partition coefficient (Wildman–Crippen LogP) is 2.43. The van der Waals surface area contributed by atoms with Crippen LogP contribution in [0.1, 0.15) is 29.6 Å². The zero-order chi connectivity index (χ0) is 17.8. The van der Waals surface area contributed by atoms with Crippen molar-refractivity contribution in [3.63, 3.8) is 0 Å². The molecule has 0 aromatic carbocycles. The van der Waals surface area contributed by atoms with Gasteiger partial charge in [-0.3, -0.25) is 4.79 Å². The highest BCUT2D eigenvalue weighted by atomic mass is 16.2. The van der Waals surface area contributed by atoms with E-state index in [1.165, 1.54) is 19.3 Å². The van der Waals surface area contributed by atoms with E-state index in [0.29, 0.717) is 13.1 Å². The Morgan fingerprint density at radius 3 is 2.27 bits per heavy atom. The average molecular weight is 351 g/mol. The first-order chi connectivity index (χ1) is 12.8. The van der Waals surface area contributed by atoms with Gasteiger partial charge in [-0.05, 0) is 43.5 Å². The predicted molar refractivity (Wildman–Crippen MR) is 103 cm³/mol. The van der Waals surface area contributed by atoms with E-state index >= 15 is 0 Å². The van der Waals surface area contributed by atoms with Crippen molar-refractivity contribution in [3.05, 3.63) is 48.3 Å². The summed E-state index contributed by atoms with van der Waals surface area (Å²) >= 11 is 0. The number of carbonyl (C=O) groups is 1. The zero-order valence-electron chi connectivity index (χ0n) is 15.0. The highest BCUT2D eigenvalue weighted by Gasteiger charge is 2.26. The van der Waals surface area contributed by atoms with Crippen LogP contribution >= 0.6 is 0 Å². The van der Waals surface area contributed by atoms with Crippen LogP contribution in [-0.2, 0) is 0 Å². The molecule has 0 aliphatic carbocycles. The van der Waals surface area contributed by atoms with Gasteiger partial charge in [0.05, 0.1) is 5.56 Å². The van der Waals surface area contributed by atoms with Gasteiger partial charge in [-0.1, -0.05) is 6.07 Å². The molecule has 1 amide bonds. The van der Waals surface area contributed by atoms with Gasteiger partial charge in [0.2, 0.25) is 0 Å². The maximum Gasteiger partial charge on any atom is 0.257 e. The first-order valence-corrected chi connectivity index (χ1v) is 9.48. The summed E-state index contributed by atoms with van der Waals surface area (Å²) in [6.07, 6.45) is 7.22. The fourth-order valence-corrected chi connectivity index (χ4v) is 3.77. The average Bonchev–Trinajstić information content (AvgIpc) is 2.75. The summed E-state index contributed by atoms with van der Waals surface area (Å²) in [5.74, 6) is 1.93. The van der Waals surface area contributed by atoms with Crippen LogP contribution in [0.3, 0.4) is 0 Å². The minimum absolute atomic E-state index is 0.0966. The number of rotatable bonds is 3. The zero-order valence-corrected chi connectivity index (χ0v) is 15.0. The Bertz CT molecular complexity index is 737. The highest BCUT2D eigenvalue weighted by Crippen LogP contribution is 2.23. The number of piperazine rings is 1. The van der Waals surface area contributed by atoms with Crippen molar-refractivity contribution in [2.75, 3.05) is 49.1 Å². The van der Waals surface area contributed by atoms with E-state index in [9.17, 15) is 4.79 Å². The van der Waals surface area contributed by atoms with Gasteiger partial charge in [-0.25, -0.2) is 9.97 Å². The lowest BCUT2D eigenvalue weighted by molar-refractivity contribution is 0.0746. The van der Waals surface area contributed by atoms with E-state index in [-0.39, 0.29) is 5.91 Å². The fraction of sp³-hybridized carbons (Fsp3) is 0.450. The number of hydrogen-bond donors (Lipinski definition) is 0. The van der Waals surface area contributed by atoms with Crippen molar-refractivity contribution in [3.8, 4) is 0 Å². The van der Waals surface area contributed by atoms with Crippen molar-refractivity contribution < 1.29 is 4.79 Å². The molecular formula is C20H25N5O. The van der Waals surface area contributed by atoms with Gasteiger partial charge in [-0.15, -0.1) is 0 Å². The molecule has 2 aliphatic rings. The standard InChI is InChI=1S/C20H25N5O/c26-20(17-7-6-10-22-19(17)24-11-4-1-5-12-24)25-15-13-23(14-16-25)18-8-2-3-9-21-18/h2-3,6-10H,1,4-5,11-16H2. The molecule has 136 valence electrons. The molecule has 0 radical (unpaired) electrons. The first kappa shape index (κ1) is 16.8. The van der Waals surface area contributed by atoms with E-state index in [0.717, 1.165) is 43.4 Å². The molecule has 4 heterocycles. The number of aromatic nitrogens is 2. The van der Waals surface area contributed by atoms with Crippen LogP contribution in [-0.4, -0.2) is 60.0 Å². The van der Waals surface area contributed by atoms with Gasteiger partial charge in [0, 0.05) is 51.7 Å². The van der Waals surface area contributed by atoms with Crippen LogP contribution < -0.4 is 9.80 Å². The molecule has 2 aliphatic heterocycles.